The standard InChI is InChI=1S/C14H15FN2S2/c1-2-11-13(12(18)8-3-4-8)19-14(17-11)9-5-10(15)7-16-6-9/h5-8,12,18H,2-4H2,1H3. The first-order valence-electron chi connectivity index (χ1n) is 6.47. The van der Waals surface area contributed by atoms with Crippen molar-refractivity contribution in [2.24, 2.45) is 5.92 Å². The molecule has 0 aromatic carbocycles. The zero-order valence-corrected chi connectivity index (χ0v) is 12.3. The van der Waals surface area contributed by atoms with E-state index in [0.29, 0.717) is 5.92 Å². The van der Waals surface area contributed by atoms with Gasteiger partial charge in [-0.2, -0.15) is 12.6 Å². The van der Waals surface area contributed by atoms with Crippen molar-refractivity contribution in [2.45, 2.75) is 31.4 Å². The molecule has 5 heteroatoms. The summed E-state index contributed by atoms with van der Waals surface area (Å²) in [6.45, 7) is 2.10. The van der Waals surface area contributed by atoms with Gasteiger partial charge in [-0.15, -0.1) is 11.3 Å². The van der Waals surface area contributed by atoms with E-state index in [1.807, 2.05) is 0 Å². The second-order valence-electron chi connectivity index (χ2n) is 4.86. The summed E-state index contributed by atoms with van der Waals surface area (Å²) in [6, 6.07) is 1.49. The van der Waals surface area contributed by atoms with Crippen molar-refractivity contribution in [1.29, 1.82) is 0 Å². The summed E-state index contributed by atoms with van der Waals surface area (Å²) in [6.07, 6.45) is 6.27. The Bertz CT molecular complexity index is 593. The maximum Gasteiger partial charge on any atom is 0.142 e. The van der Waals surface area contributed by atoms with Gasteiger partial charge in [0.05, 0.1) is 11.9 Å². The van der Waals surface area contributed by atoms with Crippen molar-refractivity contribution in [3.8, 4) is 10.6 Å². The van der Waals surface area contributed by atoms with Crippen molar-refractivity contribution in [3.05, 3.63) is 34.8 Å². The number of aromatic nitrogens is 2. The van der Waals surface area contributed by atoms with Gasteiger partial charge in [-0.1, -0.05) is 6.92 Å². The van der Waals surface area contributed by atoms with Gasteiger partial charge in [-0.05, 0) is 31.2 Å². The second kappa shape index (κ2) is 5.21. The zero-order chi connectivity index (χ0) is 13.4. The molecular weight excluding hydrogens is 279 g/mol. The maximum absolute atomic E-state index is 13.2. The van der Waals surface area contributed by atoms with Gasteiger partial charge < -0.3 is 0 Å². The van der Waals surface area contributed by atoms with Gasteiger partial charge in [-0.3, -0.25) is 4.98 Å². The summed E-state index contributed by atoms with van der Waals surface area (Å²) in [7, 11) is 0. The summed E-state index contributed by atoms with van der Waals surface area (Å²) in [5, 5.41) is 1.13. The van der Waals surface area contributed by atoms with Crippen LogP contribution in [-0.2, 0) is 6.42 Å². The zero-order valence-electron chi connectivity index (χ0n) is 10.6. The Morgan fingerprint density at radius 3 is 2.89 bits per heavy atom. The molecule has 1 unspecified atom stereocenters. The summed E-state index contributed by atoms with van der Waals surface area (Å²) in [4.78, 5) is 9.77. The Morgan fingerprint density at radius 1 is 1.47 bits per heavy atom. The molecule has 0 N–H and O–H groups in total. The minimum Gasteiger partial charge on any atom is -0.261 e. The molecule has 2 nitrogen and oxygen atoms in total. The molecule has 1 fully saturated rings. The fraction of sp³-hybridized carbons (Fsp3) is 0.429. The number of hydrogen-bond acceptors (Lipinski definition) is 4. The smallest absolute Gasteiger partial charge is 0.142 e. The number of rotatable bonds is 4. The summed E-state index contributed by atoms with van der Waals surface area (Å²) >= 11 is 6.36. The molecule has 1 atom stereocenters. The van der Waals surface area contributed by atoms with Gasteiger partial charge in [-0.25, -0.2) is 9.37 Å². The van der Waals surface area contributed by atoms with Crippen molar-refractivity contribution in [1.82, 2.24) is 9.97 Å². The predicted molar refractivity (Wildman–Crippen MR) is 79.1 cm³/mol. The van der Waals surface area contributed by atoms with Crippen molar-refractivity contribution in [2.75, 3.05) is 0 Å². The van der Waals surface area contributed by atoms with Crippen LogP contribution in [0.1, 0.15) is 35.6 Å². The molecule has 2 aromatic rings. The first-order valence-corrected chi connectivity index (χ1v) is 7.81. The fourth-order valence-corrected chi connectivity index (χ4v) is 3.95. The van der Waals surface area contributed by atoms with Gasteiger partial charge in [0.1, 0.15) is 10.8 Å². The van der Waals surface area contributed by atoms with Crippen LogP contribution in [0, 0.1) is 11.7 Å². The van der Waals surface area contributed by atoms with E-state index in [4.69, 9.17) is 12.6 Å². The molecule has 0 amide bonds. The minimum atomic E-state index is -0.322. The summed E-state index contributed by atoms with van der Waals surface area (Å²) < 4.78 is 13.2. The van der Waals surface area contributed by atoms with Gasteiger partial charge in [0, 0.05) is 21.9 Å². The lowest BCUT2D eigenvalue weighted by atomic mass is 10.2. The number of hydrogen-bond donors (Lipinski definition) is 1. The highest BCUT2D eigenvalue weighted by Gasteiger charge is 2.32. The van der Waals surface area contributed by atoms with Gasteiger partial charge in [0.25, 0.3) is 0 Å². The van der Waals surface area contributed by atoms with Gasteiger partial charge in [0.15, 0.2) is 0 Å². The normalized spacial score (nSPS) is 16.6. The number of aryl methyl sites for hydroxylation is 1. The molecule has 1 aliphatic rings. The molecule has 1 aliphatic carbocycles. The van der Waals surface area contributed by atoms with E-state index in [2.05, 4.69) is 16.9 Å². The van der Waals surface area contributed by atoms with Gasteiger partial charge >= 0.3 is 0 Å². The Balaban J connectivity index is 1.98. The first kappa shape index (κ1) is 13.1. The Hall–Kier alpha value is -0.940. The largest absolute Gasteiger partial charge is 0.261 e. The average Bonchev–Trinajstić information content (AvgIpc) is 3.17. The third kappa shape index (κ3) is 2.67. The molecule has 100 valence electrons. The third-order valence-electron chi connectivity index (χ3n) is 3.35. The van der Waals surface area contributed by atoms with Crippen LogP contribution < -0.4 is 0 Å². The van der Waals surface area contributed by atoms with E-state index in [9.17, 15) is 4.39 Å². The lowest BCUT2D eigenvalue weighted by Gasteiger charge is -2.07. The van der Waals surface area contributed by atoms with E-state index >= 15 is 0 Å². The van der Waals surface area contributed by atoms with E-state index in [1.165, 1.54) is 30.0 Å². The van der Waals surface area contributed by atoms with E-state index in [0.717, 1.165) is 22.7 Å². The number of nitrogens with zero attached hydrogens (tertiary/aromatic N) is 2. The minimum absolute atomic E-state index is 0.280. The third-order valence-corrected chi connectivity index (χ3v) is 5.44. The van der Waals surface area contributed by atoms with Crippen molar-refractivity contribution < 1.29 is 4.39 Å². The molecule has 0 saturated heterocycles. The number of pyridine rings is 1. The number of thiazole rings is 1. The van der Waals surface area contributed by atoms with Crippen LogP contribution in [0.3, 0.4) is 0 Å². The maximum atomic E-state index is 13.2. The molecule has 2 heterocycles. The highest BCUT2D eigenvalue weighted by molar-refractivity contribution is 7.80. The lowest BCUT2D eigenvalue weighted by Crippen LogP contribution is -1.94. The molecule has 19 heavy (non-hydrogen) atoms. The molecule has 3 rings (SSSR count). The predicted octanol–water partition coefficient (Wildman–Crippen LogP) is 4.29. The first-order chi connectivity index (χ1) is 9.19. The highest BCUT2D eigenvalue weighted by Crippen LogP contribution is 2.48. The van der Waals surface area contributed by atoms with Crippen LogP contribution >= 0.6 is 24.0 Å². The number of thiol groups is 1. The van der Waals surface area contributed by atoms with Crippen molar-refractivity contribution in [3.63, 3.8) is 0 Å². The van der Waals surface area contributed by atoms with Crippen molar-refractivity contribution >= 4 is 24.0 Å². The average molecular weight is 294 g/mol. The fourth-order valence-electron chi connectivity index (χ4n) is 2.13. The molecule has 0 spiro atoms. The molecule has 0 bridgehead atoms. The summed E-state index contributed by atoms with van der Waals surface area (Å²) in [5.74, 6) is 0.365. The Labute approximate surface area is 121 Å². The van der Waals surface area contributed by atoms with Crippen LogP contribution in [0.2, 0.25) is 0 Å². The molecule has 1 saturated carbocycles. The van der Waals surface area contributed by atoms with Crippen LogP contribution in [-0.4, -0.2) is 9.97 Å². The topological polar surface area (TPSA) is 25.8 Å². The lowest BCUT2D eigenvalue weighted by molar-refractivity contribution is 0.622. The second-order valence-corrected chi connectivity index (χ2v) is 6.44. The molecule has 2 aromatic heterocycles. The monoisotopic (exact) mass is 294 g/mol. The van der Waals surface area contributed by atoms with E-state index < -0.39 is 0 Å². The highest BCUT2D eigenvalue weighted by atomic mass is 32.1. The van der Waals surface area contributed by atoms with Crippen LogP contribution in [0.5, 0.6) is 0 Å². The molecular formula is C14H15FN2S2. The van der Waals surface area contributed by atoms with Gasteiger partial charge in [0.2, 0.25) is 0 Å². The summed E-state index contributed by atoms with van der Waals surface area (Å²) in [5.41, 5.74) is 1.85. The number of halogens is 1. The SMILES string of the molecule is CCc1nc(-c2cncc(F)c2)sc1C(S)C1CC1. The van der Waals surface area contributed by atoms with E-state index in [-0.39, 0.29) is 11.1 Å². The van der Waals surface area contributed by atoms with Crippen LogP contribution in [0.4, 0.5) is 4.39 Å². The van der Waals surface area contributed by atoms with Crippen LogP contribution in [0.25, 0.3) is 10.6 Å². The quantitative estimate of drug-likeness (QED) is 0.851. The van der Waals surface area contributed by atoms with Crippen LogP contribution in [0.15, 0.2) is 18.5 Å². The molecule has 0 radical (unpaired) electrons. The Morgan fingerprint density at radius 2 is 2.26 bits per heavy atom. The van der Waals surface area contributed by atoms with E-state index in [1.54, 1.807) is 17.5 Å². The Kier molecular flexibility index (Phi) is 3.58. The molecule has 0 aliphatic heterocycles.